The first kappa shape index (κ1) is 14.3. The van der Waals surface area contributed by atoms with Crippen LogP contribution >= 0.6 is 15.9 Å². The Morgan fingerprint density at radius 1 is 1.15 bits per heavy atom. The van der Waals surface area contributed by atoms with Crippen molar-refractivity contribution in [2.45, 2.75) is 50.6 Å². The van der Waals surface area contributed by atoms with Gasteiger partial charge in [-0.3, -0.25) is 0 Å². The fourth-order valence-electron chi connectivity index (χ4n) is 3.70. The quantitative estimate of drug-likeness (QED) is 0.856. The van der Waals surface area contributed by atoms with Crippen molar-refractivity contribution in [3.63, 3.8) is 0 Å². The summed E-state index contributed by atoms with van der Waals surface area (Å²) in [6.07, 6.45) is 7.55. The summed E-state index contributed by atoms with van der Waals surface area (Å²) in [6, 6.07) is 6.28. The summed E-state index contributed by atoms with van der Waals surface area (Å²) in [5.41, 5.74) is 0.640. The van der Waals surface area contributed by atoms with Crippen molar-refractivity contribution in [1.29, 1.82) is 0 Å². The average Bonchev–Trinajstić information content (AvgIpc) is 2.91. The summed E-state index contributed by atoms with van der Waals surface area (Å²) in [7, 11) is 0. The zero-order valence-electron chi connectivity index (χ0n) is 11.7. The van der Waals surface area contributed by atoms with Crippen LogP contribution in [0.2, 0.25) is 0 Å². The second-order valence-electron chi connectivity index (χ2n) is 6.03. The van der Waals surface area contributed by atoms with E-state index in [4.69, 9.17) is 0 Å². The number of hydrogen-bond acceptors (Lipinski definition) is 2. The Morgan fingerprint density at radius 3 is 2.80 bits per heavy atom. The first-order valence-corrected chi connectivity index (χ1v) is 8.48. The van der Waals surface area contributed by atoms with E-state index in [1.807, 2.05) is 12.1 Å². The van der Waals surface area contributed by atoms with Crippen molar-refractivity contribution in [2.75, 3.05) is 11.9 Å². The topological polar surface area (TPSA) is 24.1 Å². The highest BCUT2D eigenvalue weighted by molar-refractivity contribution is 9.10. The van der Waals surface area contributed by atoms with Crippen LogP contribution in [0, 0.1) is 11.7 Å². The van der Waals surface area contributed by atoms with E-state index in [1.54, 1.807) is 0 Å². The van der Waals surface area contributed by atoms with Crippen molar-refractivity contribution in [3.05, 3.63) is 28.5 Å². The molecule has 1 aliphatic carbocycles. The molecule has 2 fully saturated rings. The first-order chi connectivity index (χ1) is 9.74. The van der Waals surface area contributed by atoms with Gasteiger partial charge >= 0.3 is 0 Å². The van der Waals surface area contributed by atoms with E-state index in [2.05, 4.69) is 26.6 Å². The molecule has 1 aromatic rings. The molecule has 1 aromatic carbocycles. The lowest BCUT2D eigenvalue weighted by Crippen LogP contribution is -2.44. The van der Waals surface area contributed by atoms with Gasteiger partial charge in [-0.1, -0.05) is 28.8 Å². The SMILES string of the molecule is Fc1cc(Br)ccc1NC1CCCC1C1CCCCN1. The van der Waals surface area contributed by atoms with E-state index in [0.717, 1.165) is 17.4 Å². The van der Waals surface area contributed by atoms with E-state index in [0.29, 0.717) is 23.7 Å². The van der Waals surface area contributed by atoms with Gasteiger partial charge in [0.05, 0.1) is 5.69 Å². The van der Waals surface area contributed by atoms with Gasteiger partial charge in [-0.2, -0.15) is 0 Å². The number of hydrogen-bond donors (Lipinski definition) is 2. The molecular formula is C16H22BrFN2. The highest BCUT2D eigenvalue weighted by Crippen LogP contribution is 2.34. The molecule has 3 atom stereocenters. The van der Waals surface area contributed by atoms with Crippen molar-refractivity contribution >= 4 is 21.6 Å². The number of anilines is 1. The standard InChI is InChI=1S/C16H22BrFN2/c17-11-7-8-16(13(18)10-11)20-15-6-3-4-12(15)14-5-1-2-9-19-14/h7-8,10,12,14-15,19-20H,1-6,9H2. The lowest BCUT2D eigenvalue weighted by molar-refractivity contribution is 0.286. The summed E-state index contributed by atoms with van der Waals surface area (Å²) in [6.45, 7) is 1.14. The minimum atomic E-state index is -0.165. The second-order valence-corrected chi connectivity index (χ2v) is 6.94. The summed E-state index contributed by atoms with van der Waals surface area (Å²) in [5.74, 6) is 0.472. The molecule has 2 N–H and O–H groups in total. The van der Waals surface area contributed by atoms with Gasteiger partial charge < -0.3 is 10.6 Å². The Labute approximate surface area is 128 Å². The maximum atomic E-state index is 14.0. The Morgan fingerprint density at radius 2 is 2.05 bits per heavy atom. The molecule has 2 aliphatic rings. The summed E-state index contributed by atoms with van der Waals surface area (Å²) in [4.78, 5) is 0. The van der Waals surface area contributed by atoms with Crippen molar-refractivity contribution < 1.29 is 4.39 Å². The van der Waals surface area contributed by atoms with E-state index >= 15 is 0 Å². The van der Waals surface area contributed by atoms with E-state index in [-0.39, 0.29) is 5.82 Å². The molecule has 20 heavy (non-hydrogen) atoms. The lowest BCUT2D eigenvalue weighted by atomic mass is 9.88. The van der Waals surface area contributed by atoms with Gasteiger partial charge in [-0.05, 0) is 56.3 Å². The number of nitrogens with one attached hydrogen (secondary N) is 2. The van der Waals surface area contributed by atoms with Gasteiger partial charge in [0.15, 0.2) is 0 Å². The minimum absolute atomic E-state index is 0.165. The molecule has 0 radical (unpaired) electrons. The molecular weight excluding hydrogens is 319 g/mol. The molecule has 2 nitrogen and oxygen atoms in total. The predicted molar refractivity (Wildman–Crippen MR) is 84.5 cm³/mol. The average molecular weight is 341 g/mol. The van der Waals surface area contributed by atoms with Gasteiger partial charge in [0, 0.05) is 16.6 Å². The third-order valence-electron chi connectivity index (χ3n) is 4.71. The van der Waals surface area contributed by atoms with Crippen molar-refractivity contribution in [1.82, 2.24) is 5.32 Å². The Balaban J connectivity index is 1.68. The zero-order valence-corrected chi connectivity index (χ0v) is 13.3. The van der Waals surface area contributed by atoms with Crippen LogP contribution in [0.25, 0.3) is 0 Å². The van der Waals surface area contributed by atoms with E-state index in [1.165, 1.54) is 38.2 Å². The number of benzene rings is 1. The Hall–Kier alpha value is -0.610. The monoisotopic (exact) mass is 340 g/mol. The molecule has 0 spiro atoms. The summed E-state index contributed by atoms with van der Waals surface area (Å²) < 4.78 is 14.8. The van der Waals surface area contributed by atoms with Gasteiger partial charge in [0.25, 0.3) is 0 Å². The largest absolute Gasteiger partial charge is 0.380 e. The van der Waals surface area contributed by atoms with Crippen LogP contribution in [0.15, 0.2) is 22.7 Å². The fourth-order valence-corrected chi connectivity index (χ4v) is 4.03. The number of piperidine rings is 1. The van der Waals surface area contributed by atoms with Gasteiger partial charge in [0.1, 0.15) is 5.82 Å². The van der Waals surface area contributed by atoms with Crippen LogP contribution < -0.4 is 10.6 Å². The maximum Gasteiger partial charge on any atom is 0.147 e. The van der Waals surface area contributed by atoms with Crippen LogP contribution in [0.4, 0.5) is 10.1 Å². The minimum Gasteiger partial charge on any atom is -0.380 e. The molecule has 3 rings (SSSR count). The van der Waals surface area contributed by atoms with Crippen LogP contribution in [0.1, 0.15) is 38.5 Å². The first-order valence-electron chi connectivity index (χ1n) is 7.69. The fraction of sp³-hybridized carbons (Fsp3) is 0.625. The molecule has 0 bridgehead atoms. The molecule has 0 aromatic heterocycles. The molecule has 1 aliphatic heterocycles. The molecule has 3 unspecified atom stereocenters. The van der Waals surface area contributed by atoms with Crippen LogP contribution in [0.3, 0.4) is 0 Å². The Kier molecular flexibility index (Phi) is 4.61. The van der Waals surface area contributed by atoms with Crippen molar-refractivity contribution in [3.8, 4) is 0 Å². The van der Waals surface area contributed by atoms with Crippen molar-refractivity contribution in [2.24, 2.45) is 5.92 Å². The zero-order chi connectivity index (χ0) is 13.9. The van der Waals surface area contributed by atoms with Gasteiger partial charge in [-0.15, -0.1) is 0 Å². The third-order valence-corrected chi connectivity index (χ3v) is 5.20. The maximum absolute atomic E-state index is 14.0. The van der Waals surface area contributed by atoms with E-state index < -0.39 is 0 Å². The number of halogens is 2. The van der Waals surface area contributed by atoms with Crippen LogP contribution in [0.5, 0.6) is 0 Å². The highest BCUT2D eigenvalue weighted by Gasteiger charge is 2.34. The highest BCUT2D eigenvalue weighted by atomic mass is 79.9. The molecule has 1 saturated heterocycles. The third kappa shape index (κ3) is 3.17. The van der Waals surface area contributed by atoms with Crippen LogP contribution in [-0.4, -0.2) is 18.6 Å². The second kappa shape index (κ2) is 6.44. The Bertz CT molecular complexity index is 460. The van der Waals surface area contributed by atoms with Gasteiger partial charge in [-0.25, -0.2) is 4.39 Å². The summed E-state index contributed by atoms with van der Waals surface area (Å²) >= 11 is 3.31. The normalized spacial score (nSPS) is 30.4. The molecule has 1 saturated carbocycles. The molecule has 0 amide bonds. The molecule has 1 heterocycles. The molecule has 110 valence electrons. The smallest absolute Gasteiger partial charge is 0.147 e. The van der Waals surface area contributed by atoms with Gasteiger partial charge in [0.2, 0.25) is 0 Å². The molecule has 4 heteroatoms. The predicted octanol–water partition coefficient (Wildman–Crippen LogP) is 4.31. The number of rotatable bonds is 3. The lowest BCUT2D eigenvalue weighted by Gasteiger charge is -2.33. The van der Waals surface area contributed by atoms with E-state index in [9.17, 15) is 4.39 Å². The van der Waals surface area contributed by atoms with Crippen LogP contribution in [-0.2, 0) is 0 Å². The summed E-state index contributed by atoms with van der Waals surface area (Å²) in [5, 5.41) is 7.11.